The molecule has 7 nitrogen and oxygen atoms in total. The number of thiazole rings is 1. The number of hydrogen-bond acceptors (Lipinski definition) is 7. The van der Waals surface area contributed by atoms with Gasteiger partial charge in [-0.3, -0.25) is 9.78 Å². The number of benzene rings is 2. The van der Waals surface area contributed by atoms with Crippen LogP contribution in [0.1, 0.15) is 27.0 Å². The second kappa shape index (κ2) is 9.09. The summed E-state index contributed by atoms with van der Waals surface area (Å²) in [4.78, 5) is 21.4. The van der Waals surface area contributed by atoms with Gasteiger partial charge in [0, 0.05) is 40.3 Å². The smallest absolute Gasteiger partial charge is 0.255 e. The predicted molar refractivity (Wildman–Crippen MR) is 124 cm³/mol. The summed E-state index contributed by atoms with van der Waals surface area (Å²) in [5, 5.41) is 27.0. The quantitative estimate of drug-likeness (QED) is 0.441. The van der Waals surface area contributed by atoms with Crippen LogP contribution in [0.15, 0.2) is 66.3 Å². The van der Waals surface area contributed by atoms with Crippen LogP contribution in [-0.4, -0.2) is 15.9 Å². The van der Waals surface area contributed by atoms with Gasteiger partial charge in [0.25, 0.3) is 5.91 Å². The van der Waals surface area contributed by atoms with Crippen molar-refractivity contribution >= 4 is 33.8 Å². The third-order valence-electron chi connectivity index (χ3n) is 4.74. The van der Waals surface area contributed by atoms with Crippen LogP contribution in [0.5, 0.6) is 0 Å². The number of carbonyl (C=O) groups is 1. The zero-order valence-corrected chi connectivity index (χ0v) is 17.8. The monoisotopic (exact) mass is 436 g/mol. The molecule has 32 heavy (non-hydrogen) atoms. The van der Waals surface area contributed by atoms with E-state index in [9.17, 15) is 10.1 Å². The molecule has 2 aromatic carbocycles. The molecule has 8 heteroatoms. The average Bonchev–Trinajstić information content (AvgIpc) is 3.29. The zero-order chi connectivity index (χ0) is 22.5. The average molecular weight is 437 g/mol. The minimum absolute atomic E-state index is 0.213. The van der Waals surface area contributed by atoms with E-state index in [4.69, 9.17) is 5.26 Å². The Balaban J connectivity index is 1.53. The minimum Gasteiger partial charge on any atom is -0.331 e. The highest BCUT2D eigenvalue weighted by molar-refractivity contribution is 7.14. The van der Waals surface area contributed by atoms with Crippen molar-refractivity contribution in [2.75, 3.05) is 10.6 Å². The number of anilines is 3. The number of pyridine rings is 1. The molecule has 0 bridgehead atoms. The molecule has 0 spiro atoms. The van der Waals surface area contributed by atoms with Gasteiger partial charge in [-0.25, -0.2) is 4.98 Å². The van der Waals surface area contributed by atoms with E-state index in [1.54, 1.807) is 30.6 Å². The lowest BCUT2D eigenvalue weighted by molar-refractivity contribution is 0.102. The number of aromatic nitrogens is 2. The summed E-state index contributed by atoms with van der Waals surface area (Å²) in [5.41, 5.74) is 4.94. The number of nitriles is 2. The topological polar surface area (TPSA) is 114 Å². The van der Waals surface area contributed by atoms with Gasteiger partial charge in [0.15, 0.2) is 5.13 Å². The summed E-state index contributed by atoms with van der Waals surface area (Å²) >= 11 is 1.47. The molecule has 0 radical (unpaired) electrons. The van der Waals surface area contributed by atoms with Crippen LogP contribution in [-0.2, 0) is 0 Å². The van der Waals surface area contributed by atoms with Gasteiger partial charge >= 0.3 is 0 Å². The second-order valence-electron chi connectivity index (χ2n) is 6.87. The van der Waals surface area contributed by atoms with Gasteiger partial charge in [0.2, 0.25) is 0 Å². The van der Waals surface area contributed by atoms with Crippen molar-refractivity contribution in [3.8, 4) is 23.4 Å². The van der Waals surface area contributed by atoms with Crippen LogP contribution in [0, 0.1) is 29.6 Å². The summed E-state index contributed by atoms with van der Waals surface area (Å²) in [7, 11) is 0. The fraction of sp³-hybridized carbons (Fsp3) is 0.0417. The van der Waals surface area contributed by atoms with Gasteiger partial charge in [-0.1, -0.05) is 6.07 Å². The lowest BCUT2D eigenvalue weighted by Crippen LogP contribution is -2.12. The highest BCUT2D eigenvalue weighted by atomic mass is 32.1. The van der Waals surface area contributed by atoms with E-state index in [0.717, 1.165) is 22.5 Å². The lowest BCUT2D eigenvalue weighted by atomic mass is 10.1. The molecule has 0 saturated heterocycles. The van der Waals surface area contributed by atoms with Gasteiger partial charge in [-0.2, -0.15) is 10.5 Å². The normalized spacial score (nSPS) is 10.1. The number of aryl methyl sites for hydroxylation is 1. The molecule has 4 rings (SSSR count). The van der Waals surface area contributed by atoms with E-state index in [0.29, 0.717) is 16.4 Å². The first-order valence-corrected chi connectivity index (χ1v) is 10.4. The number of nitrogens with one attached hydrogen (secondary N) is 2. The number of carbonyl (C=O) groups excluding carboxylic acids is 1. The van der Waals surface area contributed by atoms with Crippen molar-refractivity contribution in [3.63, 3.8) is 0 Å². The van der Waals surface area contributed by atoms with Crippen LogP contribution in [0.4, 0.5) is 16.5 Å². The molecule has 0 saturated carbocycles. The fourth-order valence-electron chi connectivity index (χ4n) is 3.01. The SMILES string of the molecule is Cc1ccc(C(=O)Nc2ccc(C#N)c(C#N)c2)cc1Nc1nc(-c2ccncc2)cs1. The first-order valence-electron chi connectivity index (χ1n) is 9.56. The molecule has 0 aliphatic heterocycles. The van der Waals surface area contributed by atoms with E-state index in [2.05, 4.69) is 20.6 Å². The van der Waals surface area contributed by atoms with Crippen LogP contribution in [0.25, 0.3) is 11.3 Å². The number of nitrogens with zero attached hydrogens (tertiary/aromatic N) is 4. The van der Waals surface area contributed by atoms with Crippen molar-refractivity contribution in [2.45, 2.75) is 6.92 Å². The van der Waals surface area contributed by atoms with Gasteiger partial charge in [-0.05, 0) is 55.0 Å². The van der Waals surface area contributed by atoms with Crippen molar-refractivity contribution in [1.82, 2.24) is 9.97 Å². The van der Waals surface area contributed by atoms with E-state index >= 15 is 0 Å². The molecule has 0 atom stereocenters. The number of amides is 1. The predicted octanol–water partition coefficient (Wildman–Crippen LogP) is 5.25. The third kappa shape index (κ3) is 4.46. The zero-order valence-electron chi connectivity index (χ0n) is 17.0. The minimum atomic E-state index is -0.321. The molecule has 0 aliphatic carbocycles. The molecule has 2 aromatic heterocycles. The highest BCUT2D eigenvalue weighted by Gasteiger charge is 2.12. The second-order valence-corrected chi connectivity index (χ2v) is 7.72. The molecule has 0 aliphatic rings. The van der Waals surface area contributed by atoms with E-state index in [1.807, 2.05) is 42.6 Å². The maximum Gasteiger partial charge on any atom is 0.255 e. The Bertz CT molecular complexity index is 1380. The first-order chi connectivity index (χ1) is 15.6. The van der Waals surface area contributed by atoms with Crippen LogP contribution < -0.4 is 10.6 Å². The Labute approximate surface area is 188 Å². The summed E-state index contributed by atoms with van der Waals surface area (Å²) in [6.45, 7) is 1.95. The van der Waals surface area contributed by atoms with Crippen molar-refractivity contribution < 1.29 is 4.79 Å². The fourth-order valence-corrected chi connectivity index (χ4v) is 3.75. The van der Waals surface area contributed by atoms with Crippen molar-refractivity contribution in [3.05, 3.63) is 88.6 Å². The Morgan fingerprint density at radius 3 is 2.53 bits per heavy atom. The van der Waals surface area contributed by atoms with Crippen molar-refractivity contribution in [1.29, 1.82) is 10.5 Å². The summed E-state index contributed by atoms with van der Waals surface area (Å²) in [6, 6.07) is 17.7. The van der Waals surface area contributed by atoms with E-state index in [-0.39, 0.29) is 17.0 Å². The molecule has 0 fully saturated rings. The van der Waals surface area contributed by atoms with Crippen LogP contribution in [0.2, 0.25) is 0 Å². The maximum atomic E-state index is 12.8. The standard InChI is InChI=1S/C24H16N6OS/c1-15-2-3-17(23(31)28-20-5-4-18(12-25)19(10-20)13-26)11-21(15)29-24-30-22(14-32-24)16-6-8-27-9-7-16/h2-11,14H,1H3,(H,28,31)(H,29,30). The highest BCUT2D eigenvalue weighted by Crippen LogP contribution is 2.28. The third-order valence-corrected chi connectivity index (χ3v) is 5.50. The largest absolute Gasteiger partial charge is 0.331 e. The first kappa shape index (κ1) is 20.7. The van der Waals surface area contributed by atoms with Gasteiger partial charge < -0.3 is 10.6 Å². The molecule has 2 heterocycles. The molecule has 154 valence electrons. The Morgan fingerprint density at radius 2 is 1.78 bits per heavy atom. The molecule has 1 amide bonds. The summed E-state index contributed by atoms with van der Waals surface area (Å²) < 4.78 is 0. The molecule has 0 unspecified atom stereocenters. The molecule has 4 aromatic rings. The summed E-state index contributed by atoms with van der Waals surface area (Å²) in [6.07, 6.45) is 3.45. The lowest BCUT2D eigenvalue weighted by Gasteiger charge is -2.11. The van der Waals surface area contributed by atoms with E-state index < -0.39 is 0 Å². The molecule has 2 N–H and O–H groups in total. The van der Waals surface area contributed by atoms with Gasteiger partial charge in [0.1, 0.15) is 12.1 Å². The maximum absolute atomic E-state index is 12.8. The molecular weight excluding hydrogens is 420 g/mol. The van der Waals surface area contributed by atoms with Crippen molar-refractivity contribution in [2.24, 2.45) is 0 Å². The van der Waals surface area contributed by atoms with Gasteiger partial charge in [0.05, 0.1) is 16.8 Å². The number of rotatable bonds is 5. The Hall–Kier alpha value is -4.53. The number of hydrogen-bond donors (Lipinski definition) is 2. The summed E-state index contributed by atoms with van der Waals surface area (Å²) in [5.74, 6) is -0.321. The van der Waals surface area contributed by atoms with Crippen LogP contribution in [0.3, 0.4) is 0 Å². The Morgan fingerprint density at radius 1 is 1.00 bits per heavy atom. The van der Waals surface area contributed by atoms with Gasteiger partial charge in [-0.15, -0.1) is 11.3 Å². The molecular formula is C24H16N6OS. The van der Waals surface area contributed by atoms with Crippen LogP contribution >= 0.6 is 11.3 Å². The Kier molecular flexibility index (Phi) is 5.89. The van der Waals surface area contributed by atoms with E-state index in [1.165, 1.54) is 23.5 Å².